The Labute approximate surface area is 130 Å². The second-order valence-corrected chi connectivity index (χ2v) is 6.68. The van der Waals surface area contributed by atoms with Crippen molar-refractivity contribution in [2.45, 2.75) is 31.1 Å². The van der Waals surface area contributed by atoms with Gasteiger partial charge in [0.15, 0.2) is 11.5 Å². The van der Waals surface area contributed by atoms with Crippen LogP contribution in [0.3, 0.4) is 0 Å². The lowest BCUT2D eigenvalue weighted by Crippen LogP contribution is -2.26. The highest BCUT2D eigenvalue weighted by Gasteiger charge is 2.15. The minimum Gasteiger partial charge on any atom is -0.493 e. The first kappa shape index (κ1) is 15.8. The molecule has 0 radical (unpaired) electrons. The Balaban J connectivity index is 1.92. The maximum absolute atomic E-state index is 6.36. The topological polar surface area (TPSA) is 30.5 Å². The summed E-state index contributed by atoms with van der Waals surface area (Å²) in [5.74, 6) is 2.58. The third-order valence-corrected chi connectivity index (χ3v) is 5.34. The van der Waals surface area contributed by atoms with Crippen molar-refractivity contribution in [3.63, 3.8) is 0 Å². The van der Waals surface area contributed by atoms with Gasteiger partial charge in [-0.25, -0.2) is 0 Å². The Morgan fingerprint density at radius 2 is 2.15 bits per heavy atom. The summed E-state index contributed by atoms with van der Waals surface area (Å²) in [6, 6.07) is 3.89. The molecule has 1 fully saturated rings. The monoisotopic (exact) mass is 315 g/mol. The Morgan fingerprint density at radius 3 is 2.80 bits per heavy atom. The van der Waals surface area contributed by atoms with Crippen LogP contribution in [0, 0.1) is 0 Å². The fourth-order valence-electron chi connectivity index (χ4n) is 2.40. The van der Waals surface area contributed by atoms with Gasteiger partial charge in [-0.3, -0.25) is 0 Å². The minimum atomic E-state index is 0.612. The molecule has 0 amide bonds. The zero-order chi connectivity index (χ0) is 14.4. The summed E-state index contributed by atoms with van der Waals surface area (Å²) >= 11 is 8.44. The first-order valence-electron chi connectivity index (χ1n) is 6.98. The van der Waals surface area contributed by atoms with Gasteiger partial charge in [0, 0.05) is 18.3 Å². The average molecular weight is 316 g/mol. The molecule has 1 aromatic carbocycles. The second-order valence-electron chi connectivity index (χ2n) is 4.89. The fourth-order valence-corrected chi connectivity index (χ4v) is 3.98. The van der Waals surface area contributed by atoms with E-state index in [-0.39, 0.29) is 0 Å². The first-order chi connectivity index (χ1) is 9.76. The van der Waals surface area contributed by atoms with Crippen LogP contribution >= 0.6 is 23.4 Å². The zero-order valence-electron chi connectivity index (χ0n) is 12.1. The molecule has 1 N–H and O–H groups in total. The molecule has 1 unspecified atom stereocenters. The summed E-state index contributed by atoms with van der Waals surface area (Å²) in [7, 11) is 3.23. The van der Waals surface area contributed by atoms with Crippen LogP contribution < -0.4 is 14.8 Å². The first-order valence-corrected chi connectivity index (χ1v) is 8.40. The van der Waals surface area contributed by atoms with Gasteiger partial charge in [-0.2, -0.15) is 11.8 Å². The number of halogens is 1. The highest BCUT2D eigenvalue weighted by molar-refractivity contribution is 7.99. The number of nitrogens with one attached hydrogen (secondary N) is 1. The van der Waals surface area contributed by atoms with Crippen LogP contribution in [-0.4, -0.2) is 31.8 Å². The van der Waals surface area contributed by atoms with E-state index < -0.39 is 0 Å². The molecule has 112 valence electrons. The molecule has 1 atom stereocenters. The number of hydrogen-bond donors (Lipinski definition) is 1. The number of thioether (sulfide) groups is 1. The van der Waals surface area contributed by atoms with Crippen LogP contribution in [0.5, 0.6) is 11.5 Å². The van der Waals surface area contributed by atoms with E-state index in [1.807, 2.05) is 12.1 Å². The van der Waals surface area contributed by atoms with Crippen molar-refractivity contribution in [3.05, 3.63) is 22.7 Å². The third kappa shape index (κ3) is 3.96. The Kier molecular flexibility index (Phi) is 6.33. The molecular formula is C15H22ClNO2S. The summed E-state index contributed by atoms with van der Waals surface area (Å²) in [4.78, 5) is 0. The van der Waals surface area contributed by atoms with Crippen LogP contribution in [0.25, 0.3) is 0 Å². The molecule has 0 bridgehead atoms. The van der Waals surface area contributed by atoms with Crippen LogP contribution in [0.15, 0.2) is 12.1 Å². The fraction of sp³-hybridized carbons (Fsp3) is 0.600. The lowest BCUT2D eigenvalue weighted by atomic mass is 10.1. The predicted octanol–water partition coefficient (Wildman–Crippen LogP) is 3.73. The van der Waals surface area contributed by atoms with Gasteiger partial charge in [0.25, 0.3) is 0 Å². The summed E-state index contributed by atoms with van der Waals surface area (Å²) in [5.41, 5.74) is 1.05. The number of methoxy groups -OCH3 is 2. The van der Waals surface area contributed by atoms with Crippen molar-refractivity contribution in [2.24, 2.45) is 0 Å². The van der Waals surface area contributed by atoms with E-state index in [1.54, 1.807) is 14.2 Å². The molecular weight excluding hydrogens is 294 g/mol. The van der Waals surface area contributed by atoms with E-state index in [1.165, 1.54) is 25.0 Å². The van der Waals surface area contributed by atoms with Gasteiger partial charge < -0.3 is 14.8 Å². The predicted molar refractivity (Wildman–Crippen MR) is 86.4 cm³/mol. The molecule has 0 spiro atoms. The van der Waals surface area contributed by atoms with E-state index in [2.05, 4.69) is 17.1 Å². The van der Waals surface area contributed by atoms with Crippen molar-refractivity contribution < 1.29 is 9.47 Å². The van der Waals surface area contributed by atoms with E-state index in [0.717, 1.165) is 23.9 Å². The van der Waals surface area contributed by atoms with E-state index in [0.29, 0.717) is 16.5 Å². The number of rotatable bonds is 6. The van der Waals surface area contributed by atoms with Crippen LogP contribution in [-0.2, 0) is 6.54 Å². The smallest absolute Gasteiger partial charge is 0.179 e. The lowest BCUT2D eigenvalue weighted by molar-refractivity contribution is 0.354. The normalized spacial score (nSPS) is 18.9. The van der Waals surface area contributed by atoms with Gasteiger partial charge >= 0.3 is 0 Å². The Hall–Kier alpha value is -0.580. The minimum absolute atomic E-state index is 0.612. The number of ether oxygens (including phenoxy) is 2. The summed E-state index contributed by atoms with van der Waals surface area (Å²) in [5, 5.41) is 4.87. The second kappa shape index (κ2) is 8.01. The van der Waals surface area contributed by atoms with Gasteiger partial charge in [0.05, 0.1) is 19.2 Å². The van der Waals surface area contributed by atoms with Gasteiger partial charge in [0.2, 0.25) is 0 Å². The standard InChI is InChI=1S/C15H22ClNO2S/c1-18-13-7-6-11(14(16)15(13)19-2)9-17-10-12-5-3-4-8-20-12/h6-7,12,17H,3-5,8-10H2,1-2H3. The van der Waals surface area contributed by atoms with Crippen molar-refractivity contribution in [1.82, 2.24) is 5.32 Å². The molecule has 0 saturated carbocycles. The summed E-state index contributed by atoms with van der Waals surface area (Å²) in [6.07, 6.45) is 4.04. The molecule has 1 aliphatic heterocycles. The molecule has 0 aromatic heterocycles. The van der Waals surface area contributed by atoms with Gasteiger partial charge in [-0.1, -0.05) is 24.1 Å². The van der Waals surface area contributed by atoms with Gasteiger partial charge in [0.1, 0.15) is 0 Å². The van der Waals surface area contributed by atoms with E-state index in [9.17, 15) is 0 Å². The van der Waals surface area contributed by atoms with Gasteiger partial charge in [-0.15, -0.1) is 0 Å². The van der Waals surface area contributed by atoms with Crippen LogP contribution in [0.1, 0.15) is 24.8 Å². The zero-order valence-corrected chi connectivity index (χ0v) is 13.6. The third-order valence-electron chi connectivity index (χ3n) is 3.53. The molecule has 0 aliphatic carbocycles. The maximum Gasteiger partial charge on any atom is 0.179 e. The quantitative estimate of drug-likeness (QED) is 0.866. The lowest BCUT2D eigenvalue weighted by Gasteiger charge is -2.21. The van der Waals surface area contributed by atoms with E-state index in [4.69, 9.17) is 21.1 Å². The number of hydrogen-bond acceptors (Lipinski definition) is 4. The number of benzene rings is 1. The van der Waals surface area contributed by atoms with Crippen LogP contribution in [0.2, 0.25) is 5.02 Å². The molecule has 3 nitrogen and oxygen atoms in total. The molecule has 5 heteroatoms. The molecule has 1 aliphatic rings. The van der Waals surface area contributed by atoms with E-state index >= 15 is 0 Å². The van der Waals surface area contributed by atoms with Crippen molar-refractivity contribution >= 4 is 23.4 Å². The molecule has 20 heavy (non-hydrogen) atoms. The Bertz CT molecular complexity index is 436. The highest BCUT2D eigenvalue weighted by atomic mass is 35.5. The summed E-state index contributed by atoms with van der Waals surface area (Å²) in [6.45, 7) is 1.80. The van der Waals surface area contributed by atoms with Crippen LogP contribution in [0.4, 0.5) is 0 Å². The molecule has 1 saturated heterocycles. The van der Waals surface area contributed by atoms with Crippen molar-refractivity contribution in [1.29, 1.82) is 0 Å². The summed E-state index contributed by atoms with van der Waals surface area (Å²) < 4.78 is 10.6. The van der Waals surface area contributed by atoms with Crippen molar-refractivity contribution in [3.8, 4) is 11.5 Å². The Morgan fingerprint density at radius 1 is 1.30 bits per heavy atom. The highest BCUT2D eigenvalue weighted by Crippen LogP contribution is 2.37. The largest absolute Gasteiger partial charge is 0.493 e. The maximum atomic E-state index is 6.36. The molecule has 1 heterocycles. The van der Waals surface area contributed by atoms with Gasteiger partial charge in [-0.05, 0) is 30.2 Å². The molecule has 1 aromatic rings. The SMILES string of the molecule is COc1ccc(CNCC2CCCCS2)c(Cl)c1OC. The molecule has 2 rings (SSSR count). The average Bonchev–Trinajstić information content (AvgIpc) is 2.49. The van der Waals surface area contributed by atoms with Crippen molar-refractivity contribution in [2.75, 3.05) is 26.5 Å².